The van der Waals surface area contributed by atoms with E-state index in [1.165, 1.54) is 0 Å². The van der Waals surface area contributed by atoms with Crippen LogP contribution in [0.5, 0.6) is 5.75 Å². The summed E-state index contributed by atoms with van der Waals surface area (Å²) in [5.41, 5.74) is 1.16. The molecule has 0 atom stereocenters. The van der Waals surface area contributed by atoms with Gasteiger partial charge in [-0.15, -0.1) is 0 Å². The number of benzene rings is 1. The van der Waals surface area contributed by atoms with E-state index >= 15 is 0 Å². The Labute approximate surface area is 133 Å². The molecule has 114 valence electrons. The predicted octanol–water partition coefficient (Wildman–Crippen LogP) is 5.76. The lowest BCUT2D eigenvalue weighted by molar-refractivity contribution is 0.274. The number of hydrogen-bond donors (Lipinski definition) is 0. The second kappa shape index (κ2) is 7.10. The molecule has 0 spiro atoms. The normalized spacial score (nSPS) is 12.6. The molecule has 1 rings (SSSR count). The Kier molecular flexibility index (Phi) is 6.29. The molecule has 0 aromatic heterocycles. The van der Waals surface area contributed by atoms with Gasteiger partial charge in [-0.25, -0.2) is 0 Å². The molecule has 0 saturated heterocycles. The average molecular weight is 359 g/mol. The number of halogens is 1. The van der Waals surface area contributed by atoms with Gasteiger partial charge >= 0.3 is 0 Å². The monoisotopic (exact) mass is 358 g/mol. The molecule has 0 saturated carbocycles. The summed E-state index contributed by atoms with van der Waals surface area (Å²) in [5, 5.41) is 0.237. The molecule has 0 fully saturated rings. The maximum atomic E-state index is 6.26. The van der Waals surface area contributed by atoms with Crippen LogP contribution in [0.25, 0.3) is 0 Å². The third-order valence-electron chi connectivity index (χ3n) is 3.81. The Hall–Kier alpha value is -0.323. The zero-order valence-corrected chi connectivity index (χ0v) is 16.1. The van der Waals surface area contributed by atoms with Gasteiger partial charge in [-0.1, -0.05) is 43.6 Å². The standard InChI is InChI=1S/C16H27BrO2Si/c1-7-8-18-15-10-13(9-14(17)11-15)12-19-20(5,6)16(2,3)4/h9-11H,7-8,12H2,1-6H3. The summed E-state index contributed by atoms with van der Waals surface area (Å²) in [6.07, 6.45) is 1.02. The quantitative estimate of drug-likeness (QED) is 0.601. The number of ether oxygens (including phenoxy) is 1. The van der Waals surface area contributed by atoms with Crippen LogP contribution in [-0.2, 0) is 11.0 Å². The molecule has 0 aliphatic carbocycles. The molecule has 0 aliphatic heterocycles. The fourth-order valence-corrected chi connectivity index (χ4v) is 2.97. The third kappa shape index (κ3) is 5.22. The fraction of sp³-hybridized carbons (Fsp3) is 0.625. The SMILES string of the molecule is CCCOc1cc(Br)cc(CO[Si](C)(C)C(C)(C)C)c1. The van der Waals surface area contributed by atoms with Crippen LogP contribution in [0.4, 0.5) is 0 Å². The number of rotatable bonds is 6. The van der Waals surface area contributed by atoms with Gasteiger partial charge in [-0.2, -0.15) is 0 Å². The van der Waals surface area contributed by atoms with Crippen LogP contribution in [-0.4, -0.2) is 14.9 Å². The van der Waals surface area contributed by atoms with Gasteiger partial charge < -0.3 is 9.16 Å². The van der Waals surface area contributed by atoms with E-state index in [4.69, 9.17) is 9.16 Å². The van der Waals surface area contributed by atoms with Crippen molar-refractivity contribution in [2.24, 2.45) is 0 Å². The minimum absolute atomic E-state index is 0.237. The van der Waals surface area contributed by atoms with Gasteiger partial charge in [-0.3, -0.25) is 0 Å². The largest absolute Gasteiger partial charge is 0.494 e. The van der Waals surface area contributed by atoms with E-state index in [9.17, 15) is 0 Å². The highest BCUT2D eigenvalue weighted by Gasteiger charge is 2.37. The van der Waals surface area contributed by atoms with E-state index < -0.39 is 8.32 Å². The topological polar surface area (TPSA) is 18.5 Å². The molecular formula is C16H27BrO2Si. The van der Waals surface area contributed by atoms with Crippen molar-refractivity contribution >= 4 is 24.2 Å². The van der Waals surface area contributed by atoms with E-state index in [-0.39, 0.29) is 5.04 Å². The highest BCUT2D eigenvalue weighted by atomic mass is 79.9. The molecule has 2 nitrogen and oxygen atoms in total. The predicted molar refractivity (Wildman–Crippen MR) is 91.9 cm³/mol. The van der Waals surface area contributed by atoms with Gasteiger partial charge in [0.2, 0.25) is 0 Å². The first kappa shape index (κ1) is 17.7. The molecule has 1 aromatic carbocycles. The Morgan fingerprint density at radius 3 is 2.35 bits per heavy atom. The third-order valence-corrected chi connectivity index (χ3v) is 8.75. The Morgan fingerprint density at radius 2 is 1.80 bits per heavy atom. The van der Waals surface area contributed by atoms with E-state index in [0.717, 1.165) is 28.8 Å². The first-order valence-corrected chi connectivity index (χ1v) is 10.9. The lowest BCUT2D eigenvalue weighted by atomic mass is 10.2. The molecule has 1 aromatic rings. The maximum Gasteiger partial charge on any atom is 0.192 e. The zero-order chi connectivity index (χ0) is 15.4. The van der Waals surface area contributed by atoms with Crippen molar-refractivity contribution in [1.82, 2.24) is 0 Å². The van der Waals surface area contributed by atoms with Gasteiger partial charge in [0.05, 0.1) is 13.2 Å². The van der Waals surface area contributed by atoms with Gasteiger partial charge in [0.15, 0.2) is 8.32 Å². The number of hydrogen-bond acceptors (Lipinski definition) is 2. The fourth-order valence-electron chi connectivity index (χ4n) is 1.49. The maximum absolute atomic E-state index is 6.26. The molecule has 0 radical (unpaired) electrons. The molecule has 0 amide bonds. The minimum atomic E-state index is -1.70. The Bertz CT molecular complexity index is 439. The highest BCUT2D eigenvalue weighted by molar-refractivity contribution is 9.10. The highest BCUT2D eigenvalue weighted by Crippen LogP contribution is 2.37. The first-order valence-electron chi connectivity index (χ1n) is 7.22. The van der Waals surface area contributed by atoms with E-state index in [1.54, 1.807) is 0 Å². The van der Waals surface area contributed by atoms with E-state index in [2.05, 4.69) is 68.9 Å². The van der Waals surface area contributed by atoms with Crippen molar-refractivity contribution in [3.8, 4) is 5.75 Å². The van der Waals surface area contributed by atoms with Gasteiger partial charge in [-0.05, 0) is 48.3 Å². The van der Waals surface area contributed by atoms with Crippen LogP contribution in [0.2, 0.25) is 18.1 Å². The molecule has 4 heteroatoms. The molecule has 20 heavy (non-hydrogen) atoms. The van der Waals surface area contributed by atoms with Crippen molar-refractivity contribution in [2.45, 2.75) is 58.9 Å². The van der Waals surface area contributed by atoms with Crippen molar-refractivity contribution in [3.05, 3.63) is 28.2 Å². The van der Waals surface area contributed by atoms with Crippen molar-refractivity contribution in [3.63, 3.8) is 0 Å². The first-order chi connectivity index (χ1) is 9.15. The molecule has 0 N–H and O–H groups in total. The van der Waals surface area contributed by atoms with E-state index in [0.29, 0.717) is 6.61 Å². The molecular weight excluding hydrogens is 332 g/mol. The van der Waals surface area contributed by atoms with Crippen molar-refractivity contribution < 1.29 is 9.16 Å². The van der Waals surface area contributed by atoms with Crippen molar-refractivity contribution in [1.29, 1.82) is 0 Å². The summed E-state index contributed by atoms with van der Waals surface area (Å²) < 4.78 is 13.0. The second-order valence-electron chi connectivity index (χ2n) is 6.69. The van der Waals surface area contributed by atoms with Gasteiger partial charge in [0, 0.05) is 4.47 Å². The summed E-state index contributed by atoms with van der Waals surface area (Å²) in [6, 6.07) is 6.19. The summed E-state index contributed by atoms with van der Waals surface area (Å²) in [6.45, 7) is 14.8. The Balaban J connectivity index is 2.75. The lowest BCUT2D eigenvalue weighted by Crippen LogP contribution is -2.40. The van der Waals surface area contributed by atoms with E-state index in [1.807, 2.05) is 6.07 Å². The summed E-state index contributed by atoms with van der Waals surface area (Å²) in [5.74, 6) is 0.912. The smallest absolute Gasteiger partial charge is 0.192 e. The molecule has 0 bridgehead atoms. The molecule has 0 aliphatic rings. The van der Waals surface area contributed by atoms with Crippen LogP contribution in [0, 0.1) is 0 Å². The van der Waals surface area contributed by atoms with Crippen LogP contribution in [0.3, 0.4) is 0 Å². The minimum Gasteiger partial charge on any atom is -0.494 e. The van der Waals surface area contributed by atoms with Crippen LogP contribution in [0.15, 0.2) is 22.7 Å². The van der Waals surface area contributed by atoms with Gasteiger partial charge in [0.1, 0.15) is 5.75 Å². The summed E-state index contributed by atoms with van der Waals surface area (Å²) in [4.78, 5) is 0. The lowest BCUT2D eigenvalue weighted by Gasteiger charge is -2.36. The zero-order valence-electron chi connectivity index (χ0n) is 13.5. The van der Waals surface area contributed by atoms with Crippen LogP contribution in [0.1, 0.15) is 39.7 Å². The Morgan fingerprint density at radius 1 is 1.15 bits per heavy atom. The summed E-state index contributed by atoms with van der Waals surface area (Å²) in [7, 11) is -1.70. The second-order valence-corrected chi connectivity index (χ2v) is 12.4. The summed E-state index contributed by atoms with van der Waals surface area (Å²) >= 11 is 3.54. The van der Waals surface area contributed by atoms with Crippen molar-refractivity contribution in [2.75, 3.05) is 6.61 Å². The van der Waals surface area contributed by atoms with Gasteiger partial charge in [0.25, 0.3) is 0 Å². The molecule has 0 heterocycles. The molecule has 0 unspecified atom stereocenters. The van der Waals surface area contributed by atoms with Crippen LogP contribution < -0.4 is 4.74 Å². The van der Waals surface area contributed by atoms with Crippen LogP contribution >= 0.6 is 15.9 Å². The average Bonchev–Trinajstić information content (AvgIpc) is 2.32.